The zero-order chi connectivity index (χ0) is 15.5. The fraction of sp³-hybridized carbons (Fsp3) is 0.647. The van der Waals surface area contributed by atoms with Crippen LogP contribution >= 0.6 is 0 Å². The van der Waals surface area contributed by atoms with Crippen LogP contribution in [0.15, 0.2) is 18.2 Å². The highest BCUT2D eigenvalue weighted by Gasteiger charge is 2.21. The van der Waals surface area contributed by atoms with Gasteiger partial charge in [-0.25, -0.2) is 0 Å². The summed E-state index contributed by atoms with van der Waals surface area (Å²) >= 11 is 0. The number of rotatable bonds is 5. The quantitative estimate of drug-likeness (QED) is 0.894. The monoisotopic (exact) mass is 305 g/mol. The van der Waals surface area contributed by atoms with Crippen molar-refractivity contribution < 1.29 is 9.47 Å². The third kappa shape index (κ3) is 3.72. The minimum atomic E-state index is 0.278. The average molecular weight is 305 g/mol. The van der Waals surface area contributed by atoms with Crippen LogP contribution < -0.4 is 15.2 Å². The molecule has 1 aromatic carbocycles. The SMILES string of the molecule is CC(C)[C@H](N)CN1CCN(Cc2ccc3c(c2)OCO3)CC1. The summed E-state index contributed by atoms with van der Waals surface area (Å²) in [5, 5.41) is 0. The summed E-state index contributed by atoms with van der Waals surface area (Å²) in [5.41, 5.74) is 7.47. The Labute approximate surface area is 133 Å². The maximum Gasteiger partial charge on any atom is 0.231 e. The number of fused-ring (bicyclic) bond motifs is 1. The number of ether oxygens (including phenoxy) is 2. The van der Waals surface area contributed by atoms with Crippen molar-refractivity contribution in [3.63, 3.8) is 0 Å². The third-order valence-electron chi connectivity index (χ3n) is 4.63. The number of benzene rings is 1. The molecular formula is C17H27N3O2. The van der Waals surface area contributed by atoms with Crippen molar-refractivity contribution in [3.8, 4) is 11.5 Å². The fourth-order valence-electron chi connectivity index (χ4n) is 2.94. The largest absolute Gasteiger partial charge is 0.454 e. The molecule has 2 N–H and O–H groups in total. The van der Waals surface area contributed by atoms with E-state index in [0.717, 1.165) is 50.8 Å². The van der Waals surface area contributed by atoms with Gasteiger partial charge >= 0.3 is 0 Å². The topological polar surface area (TPSA) is 51.0 Å². The van der Waals surface area contributed by atoms with Crippen LogP contribution in [-0.4, -0.2) is 55.4 Å². The molecule has 2 heterocycles. The first-order valence-electron chi connectivity index (χ1n) is 8.20. The van der Waals surface area contributed by atoms with Crippen LogP contribution in [0.5, 0.6) is 11.5 Å². The lowest BCUT2D eigenvalue weighted by atomic mass is 10.0. The smallest absolute Gasteiger partial charge is 0.231 e. The Bertz CT molecular complexity index is 499. The number of piperazine rings is 1. The molecule has 0 amide bonds. The third-order valence-corrected chi connectivity index (χ3v) is 4.63. The van der Waals surface area contributed by atoms with E-state index in [4.69, 9.17) is 15.2 Å². The number of nitrogens with two attached hydrogens (primary N) is 1. The van der Waals surface area contributed by atoms with Gasteiger partial charge in [0.25, 0.3) is 0 Å². The molecule has 5 nitrogen and oxygen atoms in total. The molecule has 0 radical (unpaired) electrons. The first kappa shape index (κ1) is 15.6. The van der Waals surface area contributed by atoms with Crippen LogP contribution in [0.4, 0.5) is 0 Å². The number of hydrogen-bond acceptors (Lipinski definition) is 5. The Balaban J connectivity index is 1.48. The number of hydrogen-bond donors (Lipinski definition) is 1. The van der Waals surface area contributed by atoms with E-state index in [-0.39, 0.29) is 6.04 Å². The molecule has 0 bridgehead atoms. The molecular weight excluding hydrogens is 278 g/mol. The van der Waals surface area contributed by atoms with E-state index < -0.39 is 0 Å². The average Bonchev–Trinajstić information content (AvgIpc) is 2.96. The van der Waals surface area contributed by atoms with Crippen molar-refractivity contribution in [2.75, 3.05) is 39.5 Å². The summed E-state index contributed by atoms with van der Waals surface area (Å²) < 4.78 is 10.8. The van der Waals surface area contributed by atoms with Gasteiger partial charge in [-0.3, -0.25) is 9.80 Å². The second-order valence-electron chi connectivity index (χ2n) is 6.67. The summed E-state index contributed by atoms with van der Waals surface area (Å²) in [6.07, 6.45) is 0. The summed E-state index contributed by atoms with van der Waals surface area (Å²) in [4.78, 5) is 4.98. The van der Waals surface area contributed by atoms with Crippen LogP contribution in [-0.2, 0) is 6.54 Å². The van der Waals surface area contributed by atoms with Gasteiger partial charge in [-0.15, -0.1) is 0 Å². The van der Waals surface area contributed by atoms with Gasteiger partial charge in [-0.05, 0) is 23.6 Å². The summed E-state index contributed by atoms with van der Waals surface area (Å²) in [7, 11) is 0. The molecule has 0 aliphatic carbocycles. The van der Waals surface area contributed by atoms with E-state index in [1.807, 2.05) is 6.07 Å². The first-order valence-corrected chi connectivity index (χ1v) is 8.20. The predicted molar refractivity (Wildman–Crippen MR) is 87.1 cm³/mol. The van der Waals surface area contributed by atoms with Crippen LogP contribution in [0.3, 0.4) is 0 Å². The lowest BCUT2D eigenvalue weighted by molar-refractivity contribution is 0.117. The van der Waals surface area contributed by atoms with Crippen LogP contribution in [0.25, 0.3) is 0 Å². The van der Waals surface area contributed by atoms with Crippen LogP contribution in [0, 0.1) is 5.92 Å². The molecule has 5 heteroatoms. The minimum absolute atomic E-state index is 0.278. The molecule has 0 spiro atoms. The van der Waals surface area contributed by atoms with Crippen molar-refractivity contribution in [3.05, 3.63) is 23.8 Å². The molecule has 2 aliphatic heterocycles. The van der Waals surface area contributed by atoms with E-state index in [9.17, 15) is 0 Å². The predicted octanol–water partition coefficient (Wildman–Crippen LogP) is 1.52. The fourth-order valence-corrected chi connectivity index (χ4v) is 2.94. The zero-order valence-electron chi connectivity index (χ0n) is 13.6. The van der Waals surface area contributed by atoms with Gasteiger partial charge in [-0.1, -0.05) is 19.9 Å². The van der Waals surface area contributed by atoms with Crippen LogP contribution in [0.2, 0.25) is 0 Å². The summed E-state index contributed by atoms with van der Waals surface area (Å²) in [6, 6.07) is 6.52. The van der Waals surface area contributed by atoms with E-state index in [1.54, 1.807) is 0 Å². The number of nitrogens with zero attached hydrogens (tertiary/aromatic N) is 2. The highest BCUT2D eigenvalue weighted by Crippen LogP contribution is 2.32. The van der Waals surface area contributed by atoms with E-state index in [2.05, 4.69) is 35.8 Å². The van der Waals surface area contributed by atoms with Gasteiger partial charge in [-0.2, -0.15) is 0 Å². The van der Waals surface area contributed by atoms with Gasteiger partial charge in [0.15, 0.2) is 11.5 Å². The molecule has 1 atom stereocenters. The highest BCUT2D eigenvalue weighted by atomic mass is 16.7. The van der Waals surface area contributed by atoms with Gasteiger partial charge < -0.3 is 15.2 Å². The standard InChI is InChI=1S/C17H27N3O2/c1-13(2)15(18)11-20-7-5-19(6-8-20)10-14-3-4-16-17(9-14)22-12-21-16/h3-4,9,13,15H,5-8,10-12,18H2,1-2H3/t15-/m1/s1. The summed E-state index contributed by atoms with van der Waals surface area (Å²) in [5.74, 6) is 2.28. The highest BCUT2D eigenvalue weighted by molar-refractivity contribution is 5.44. The molecule has 22 heavy (non-hydrogen) atoms. The molecule has 122 valence electrons. The maximum absolute atomic E-state index is 6.18. The second-order valence-corrected chi connectivity index (χ2v) is 6.67. The molecule has 2 aliphatic rings. The van der Waals surface area contributed by atoms with Crippen molar-refractivity contribution >= 4 is 0 Å². The Hall–Kier alpha value is -1.30. The lowest BCUT2D eigenvalue weighted by Gasteiger charge is -2.36. The van der Waals surface area contributed by atoms with Gasteiger partial charge in [0.1, 0.15) is 0 Å². The van der Waals surface area contributed by atoms with Crippen molar-refractivity contribution in [1.29, 1.82) is 0 Å². The molecule has 1 aromatic rings. The van der Waals surface area contributed by atoms with Gasteiger partial charge in [0.05, 0.1) is 0 Å². The molecule has 0 saturated carbocycles. The van der Waals surface area contributed by atoms with Crippen molar-refractivity contribution in [1.82, 2.24) is 9.80 Å². The molecule has 0 aromatic heterocycles. The normalized spacial score (nSPS) is 20.5. The second kappa shape index (κ2) is 6.86. The molecule has 1 fully saturated rings. The van der Waals surface area contributed by atoms with Crippen molar-refractivity contribution in [2.45, 2.75) is 26.4 Å². The Kier molecular flexibility index (Phi) is 4.86. The summed E-state index contributed by atoms with van der Waals surface area (Å²) in [6.45, 7) is 11.1. The zero-order valence-corrected chi connectivity index (χ0v) is 13.6. The Morgan fingerprint density at radius 3 is 2.45 bits per heavy atom. The van der Waals surface area contributed by atoms with Crippen LogP contribution in [0.1, 0.15) is 19.4 Å². The minimum Gasteiger partial charge on any atom is -0.454 e. The van der Waals surface area contributed by atoms with Crippen molar-refractivity contribution in [2.24, 2.45) is 11.7 Å². The van der Waals surface area contributed by atoms with E-state index in [0.29, 0.717) is 12.7 Å². The molecule has 1 saturated heterocycles. The van der Waals surface area contributed by atoms with E-state index in [1.165, 1.54) is 5.56 Å². The van der Waals surface area contributed by atoms with Gasteiger partial charge in [0, 0.05) is 45.3 Å². The van der Waals surface area contributed by atoms with E-state index >= 15 is 0 Å². The first-order chi connectivity index (χ1) is 10.6. The Morgan fingerprint density at radius 2 is 1.73 bits per heavy atom. The Morgan fingerprint density at radius 1 is 1.05 bits per heavy atom. The van der Waals surface area contributed by atoms with Gasteiger partial charge in [0.2, 0.25) is 6.79 Å². The molecule has 0 unspecified atom stereocenters. The maximum atomic E-state index is 6.18. The molecule has 3 rings (SSSR count). The lowest BCUT2D eigenvalue weighted by Crippen LogP contribution is -2.50.